The summed E-state index contributed by atoms with van der Waals surface area (Å²) in [5.41, 5.74) is 3.75. The number of benzene rings is 1. The maximum absolute atomic E-state index is 10.7. The van der Waals surface area contributed by atoms with Crippen molar-refractivity contribution in [3.63, 3.8) is 0 Å². The van der Waals surface area contributed by atoms with Gasteiger partial charge in [-0.3, -0.25) is 4.79 Å². The van der Waals surface area contributed by atoms with Gasteiger partial charge in [0.15, 0.2) is 0 Å². The molecule has 3 nitrogen and oxygen atoms in total. The molecule has 0 heterocycles. The molecule has 88 valence electrons. The first kappa shape index (κ1) is 12.7. The molecule has 0 radical (unpaired) electrons. The Morgan fingerprint density at radius 1 is 1.25 bits per heavy atom. The van der Waals surface area contributed by atoms with Crippen LogP contribution in [0.1, 0.15) is 18.1 Å². The SMILES string of the molecule is CC(=O)CNCCNc1cccc(C)c1C. The van der Waals surface area contributed by atoms with Crippen molar-refractivity contribution < 1.29 is 4.79 Å². The predicted molar refractivity (Wildman–Crippen MR) is 68.0 cm³/mol. The average molecular weight is 220 g/mol. The smallest absolute Gasteiger partial charge is 0.143 e. The first-order valence-electron chi connectivity index (χ1n) is 5.61. The fraction of sp³-hybridized carbons (Fsp3) is 0.462. The largest absolute Gasteiger partial charge is 0.384 e. The molecule has 0 amide bonds. The highest BCUT2D eigenvalue weighted by atomic mass is 16.1. The van der Waals surface area contributed by atoms with E-state index < -0.39 is 0 Å². The number of aryl methyl sites for hydroxylation is 1. The molecule has 1 aromatic rings. The van der Waals surface area contributed by atoms with Crippen LogP contribution in [-0.4, -0.2) is 25.4 Å². The van der Waals surface area contributed by atoms with Crippen molar-refractivity contribution in [1.82, 2.24) is 5.32 Å². The second-order valence-corrected chi connectivity index (χ2v) is 4.05. The summed E-state index contributed by atoms with van der Waals surface area (Å²) in [5, 5.41) is 6.43. The van der Waals surface area contributed by atoms with E-state index in [0.29, 0.717) is 6.54 Å². The zero-order valence-corrected chi connectivity index (χ0v) is 10.3. The fourth-order valence-electron chi connectivity index (χ4n) is 1.49. The van der Waals surface area contributed by atoms with Crippen LogP contribution in [0, 0.1) is 13.8 Å². The maximum atomic E-state index is 10.7. The van der Waals surface area contributed by atoms with Crippen molar-refractivity contribution in [3.05, 3.63) is 29.3 Å². The van der Waals surface area contributed by atoms with Crippen molar-refractivity contribution in [2.24, 2.45) is 0 Å². The van der Waals surface area contributed by atoms with Gasteiger partial charge in [0.25, 0.3) is 0 Å². The lowest BCUT2D eigenvalue weighted by Gasteiger charge is -2.11. The molecule has 0 fully saturated rings. The van der Waals surface area contributed by atoms with Crippen LogP contribution in [0.15, 0.2) is 18.2 Å². The van der Waals surface area contributed by atoms with E-state index in [1.54, 1.807) is 6.92 Å². The van der Waals surface area contributed by atoms with Gasteiger partial charge in [-0.2, -0.15) is 0 Å². The molecule has 0 unspecified atom stereocenters. The van der Waals surface area contributed by atoms with Crippen LogP contribution in [0.4, 0.5) is 5.69 Å². The van der Waals surface area contributed by atoms with Crippen molar-refractivity contribution >= 4 is 11.5 Å². The van der Waals surface area contributed by atoms with E-state index in [4.69, 9.17) is 0 Å². The number of rotatable bonds is 6. The molecular weight excluding hydrogens is 200 g/mol. The van der Waals surface area contributed by atoms with Crippen LogP contribution >= 0.6 is 0 Å². The van der Waals surface area contributed by atoms with Crippen LogP contribution in [0.2, 0.25) is 0 Å². The normalized spacial score (nSPS) is 10.2. The Kier molecular flexibility index (Phi) is 4.99. The first-order chi connectivity index (χ1) is 7.61. The third-order valence-electron chi connectivity index (χ3n) is 2.60. The number of nitrogens with one attached hydrogen (secondary N) is 2. The summed E-state index contributed by atoms with van der Waals surface area (Å²) in [5.74, 6) is 0.173. The summed E-state index contributed by atoms with van der Waals surface area (Å²) in [4.78, 5) is 10.7. The van der Waals surface area contributed by atoms with Crippen LogP contribution in [-0.2, 0) is 4.79 Å². The van der Waals surface area contributed by atoms with Crippen molar-refractivity contribution in [1.29, 1.82) is 0 Å². The Bertz CT molecular complexity index is 361. The van der Waals surface area contributed by atoms with Crippen molar-refractivity contribution in [2.75, 3.05) is 25.0 Å². The van der Waals surface area contributed by atoms with E-state index in [0.717, 1.165) is 13.1 Å². The Balaban J connectivity index is 2.32. The van der Waals surface area contributed by atoms with E-state index in [1.165, 1.54) is 16.8 Å². The van der Waals surface area contributed by atoms with E-state index in [1.807, 2.05) is 6.07 Å². The third kappa shape index (κ3) is 4.03. The topological polar surface area (TPSA) is 41.1 Å². The third-order valence-corrected chi connectivity index (χ3v) is 2.60. The number of carbonyl (C=O) groups is 1. The zero-order valence-electron chi connectivity index (χ0n) is 10.3. The Labute approximate surface area is 97.2 Å². The highest BCUT2D eigenvalue weighted by Gasteiger charge is 1.99. The summed E-state index contributed by atoms with van der Waals surface area (Å²) in [6.45, 7) is 7.89. The van der Waals surface area contributed by atoms with Gasteiger partial charge in [-0.15, -0.1) is 0 Å². The second kappa shape index (κ2) is 6.28. The van der Waals surface area contributed by atoms with Crippen LogP contribution in [0.5, 0.6) is 0 Å². The van der Waals surface area contributed by atoms with Gasteiger partial charge < -0.3 is 10.6 Å². The Morgan fingerprint density at radius 2 is 2.00 bits per heavy atom. The molecule has 1 rings (SSSR count). The predicted octanol–water partition coefficient (Wildman–Crippen LogP) is 1.89. The highest BCUT2D eigenvalue weighted by Crippen LogP contribution is 2.17. The first-order valence-corrected chi connectivity index (χ1v) is 5.61. The minimum atomic E-state index is 0.173. The minimum absolute atomic E-state index is 0.173. The van der Waals surface area contributed by atoms with E-state index in [9.17, 15) is 4.79 Å². The molecule has 1 aromatic carbocycles. The number of ketones is 1. The summed E-state index contributed by atoms with van der Waals surface area (Å²) >= 11 is 0. The highest BCUT2D eigenvalue weighted by molar-refractivity contribution is 5.77. The monoisotopic (exact) mass is 220 g/mol. The van der Waals surface area contributed by atoms with Gasteiger partial charge in [0, 0.05) is 18.8 Å². The van der Waals surface area contributed by atoms with Gasteiger partial charge in [0.05, 0.1) is 6.54 Å². The quantitative estimate of drug-likeness (QED) is 0.719. The Morgan fingerprint density at radius 3 is 2.69 bits per heavy atom. The molecule has 0 saturated carbocycles. The van der Waals surface area contributed by atoms with Gasteiger partial charge in [0.1, 0.15) is 5.78 Å². The van der Waals surface area contributed by atoms with Gasteiger partial charge in [0.2, 0.25) is 0 Å². The van der Waals surface area contributed by atoms with Crippen LogP contribution in [0.25, 0.3) is 0 Å². The van der Waals surface area contributed by atoms with Gasteiger partial charge >= 0.3 is 0 Å². The molecule has 0 atom stereocenters. The molecule has 0 aromatic heterocycles. The maximum Gasteiger partial charge on any atom is 0.143 e. The van der Waals surface area contributed by atoms with Gasteiger partial charge in [-0.25, -0.2) is 0 Å². The summed E-state index contributed by atoms with van der Waals surface area (Å²) in [7, 11) is 0. The average Bonchev–Trinajstić information content (AvgIpc) is 2.23. The molecule has 0 aliphatic heterocycles. The molecule has 0 aliphatic rings. The number of anilines is 1. The van der Waals surface area contributed by atoms with E-state index in [2.05, 4.69) is 36.6 Å². The zero-order chi connectivity index (χ0) is 12.0. The van der Waals surface area contributed by atoms with Crippen LogP contribution in [0.3, 0.4) is 0 Å². The molecular formula is C13H20N2O. The summed E-state index contributed by atoms with van der Waals surface area (Å²) in [6, 6.07) is 6.23. The molecule has 16 heavy (non-hydrogen) atoms. The van der Waals surface area contributed by atoms with Crippen LogP contribution < -0.4 is 10.6 Å². The van der Waals surface area contributed by atoms with Gasteiger partial charge in [-0.05, 0) is 38.0 Å². The number of Topliss-reactive ketones (excluding diaryl/α,β-unsaturated/α-hetero) is 1. The van der Waals surface area contributed by atoms with Gasteiger partial charge in [-0.1, -0.05) is 12.1 Å². The van der Waals surface area contributed by atoms with Crippen molar-refractivity contribution in [3.8, 4) is 0 Å². The molecule has 3 heteroatoms. The Hall–Kier alpha value is -1.35. The lowest BCUT2D eigenvalue weighted by atomic mass is 10.1. The standard InChI is InChI=1S/C13H20N2O/c1-10-5-4-6-13(12(10)3)15-8-7-14-9-11(2)16/h4-6,14-15H,7-9H2,1-3H3. The minimum Gasteiger partial charge on any atom is -0.384 e. The van der Waals surface area contributed by atoms with E-state index in [-0.39, 0.29) is 5.78 Å². The molecule has 0 spiro atoms. The molecule has 0 aliphatic carbocycles. The number of hydrogen-bond donors (Lipinski definition) is 2. The summed E-state index contributed by atoms with van der Waals surface area (Å²) < 4.78 is 0. The lowest BCUT2D eigenvalue weighted by molar-refractivity contribution is -0.116. The van der Waals surface area contributed by atoms with E-state index >= 15 is 0 Å². The fourth-order valence-corrected chi connectivity index (χ4v) is 1.49. The molecule has 0 saturated heterocycles. The lowest BCUT2D eigenvalue weighted by Crippen LogP contribution is -2.26. The van der Waals surface area contributed by atoms with Crippen molar-refractivity contribution in [2.45, 2.75) is 20.8 Å². The second-order valence-electron chi connectivity index (χ2n) is 4.05. The molecule has 2 N–H and O–H groups in total. The number of hydrogen-bond acceptors (Lipinski definition) is 3. The number of carbonyl (C=O) groups excluding carboxylic acids is 1. The summed E-state index contributed by atoms with van der Waals surface area (Å²) in [6.07, 6.45) is 0. The molecule has 0 bridgehead atoms.